The van der Waals surface area contributed by atoms with Crippen LogP contribution < -0.4 is 20.6 Å². The minimum atomic E-state index is -0.940. The molecule has 0 bridgehead atoms. The molecule has 9 nitrogen and oxygen atoms in total. The van der Waals surface area contributed by atoms with E-state index in [4.69, 9.17) is 26.2 Å². The number of benzene rings is 2. The standard InChI is InChI=1S/C34H39ClN4O5/c1-7-34(5,19-43-33(3,4)18-30(40)41)38-31(42)24-15-23(10-8-20(24)2)44-32-36-27-16-25(26(35)17-28(27)37-32)21-9-11-29-22(14-21)12-13-39(29)6/h8,10-17,21H,7,9,18-19H2,1-6H3,(H,36,37)(H,38,42)(H,40,41)/t21?,34-/m1/s1. The Morgan fingerprint density at radius 1 is 1.20 bits per heavy atom. The SMILES string of the molecule is CC[C@](C)(COC(C)(C)CC(=O)O)NC(=O)c1cc(Oc2nc3cc(Cl)c(C4C=c5ccn(C)c5=CC4)cc3[nH]2)ccc1C. The number of carbonyl (C=O) groups is 2. The average Bonchev–Trinajstić information content (AvgIpc) is 3.53. The lowest BCUT2D eigenvalue weighted by molar-refractivity contribution is -0.144. The smallest absolute Gasteiger partial charge is 0.306 e. The number of H-pyrrole nitrogens is 1. The number of aromatic nitrogens is 3. The fraction of sp³-hybridized carbons (Fsp3) is 0.382. The van der Waals surface area contributed by atoms with Crippen LogP contribution in [-0.2, 0) is 16.6 Å². The molecule has 0 saturated heterocycles. The number of ether oxygens (including phenoxy) is 2. The zero-order valence-corrected chi connectivity index (χ0v) is 26.7. The second-order valence-electron chi connectivity index (χ2n) is 12.5. The summed E-state index contributed by atoms with van der Waals surface area (Å²) in [4.78, 5) is 32.4. The molecular formula is C34H39ClN4O5. The molecule has 2 aromatic carbocycles. The summed E-state index contributed by atoms with van der Waals surface area (Å²) in [6, 6.07) is 11.6. The van der Waals surface area contributed by atoms with Gasteiger partial charge in [0.25, 0.3) is 11.9 Å². The lowest BCUT2D eigenvalue weighted by atomic mass is 9.91. The van der Waals surface area contributed by atoms with E-state index in [2.05, 4.69) is 44.3 Å². The second-order valence-corrected chi connectivity index (χ2v) is 12.9. The third-order valence-electron chi connectivity index (χ3n) is 8.30. The molecule has 1 amide bonds. The van der Waals surface area contributed by atoms with Crippen LogP contribution >= 0.6 is 11.6 Å². The molecule has 0 spiro atoms. The first-order valence-corrected chi connectivity index (χ1v) is 15.1. The van der Waals surface area contributed by atoms with Gasteiger partial charge < -0.3 is 29.4 Å². The van der Waals surface area contributed by atoms with Gasteiger partial charge in [0.05, 0.1) is 35.2 Å². The van der Waals surface area contributed by atoms with Crippen LogP contribution in [0.4, 0.5) is 0 Å². The Bertz CT molecular complexity index is 1860. The first kappa shape index (κ1) is 31.3. The highest BCUT2D eigenvalue weighted by Gasteiger charge is 2.31. The molecule has 0 radical (unpaired) electrons. The minimum absolute atomic E-state index is 0.138. The summed E-state index contributed by atoms with van der Waals surface area (Å²) in [5.74, 6) is -0.615. The number of halogens is 1. The van der Waals surface area contributed by atoms with Crippen LogP contribution in [0.1, 0.15) is 74.4 Å². The summed E-state index contributed by atoms with van der Waals surface area (Å²) in [7, 11) is 2.04. The third-order valence-corrected chi connectivity index (χ3v) is 8.63. The summed E-state index contributed by atoms with van der Waals surface area (Å²) in [6.07, 6.45) is 7.85. The Hall–Kier alpha value is -4.08. The monoisotopic (exact) mass is 618 g/mol. The van der Waals surface area contributed by atoms with Crippen LogP contribution in [0.3, 0.4) is 0 Å². The zero-order valence-electron chi connectivity index (χ0n) is 26.0. The maximum Gasteiger partial charge on any atom is 0.306 e. The lowest BCUT2D eigenvalue weighted by Crippen LogP contribution is -2.51. The molecular weight excluding hydrogens is 580 g/mol. The summed E-state index contributed by atoms with van der Waals surface area (Å²) < 4.78 is 14.1. The van der Waals surface area contributed by atoms with Gasteiger partial charge in [0, 0.05) is 35.1 Å². The number of amides is 1. The van der Waals surface area contributed by atoms with Gasteiger partial charge >= 0.3 is 5.97 Å². The minimum Gasteiger partial charge on any atom is -0.481 e. The van der Waals surface area contributed by atoms with Crippen molar-refractivity contribution in [1.29, 1.82) is 0 Å². The Morgan fingerprint density at radius 2 is 1.98 bits per heavy atom. The van der Waals surface area contributed by atoms with Gasteiger partial charge in [-0.2, -0.15) is 4.98 Å². The predicted molar refractivity (Wildman–Crippen MR) is 172 cm³/mol. The number of carboxylic acid groups (broad SMARTS) is 1. The molecule has 1 aliphatic carbocycles. The molecule has 44 heavy (non-hydrogen) atoms. The van der Waals surface area contributed by atoms with Gasteiger partial charge in [0.15, 0.2) is 0 Å². The van der Waals surface area contributed by atoms with Crippen LogP contribution in [0, 0.1) is 6.92 Å². The molecule has 2 heterocycles. The maximum atomic E-state index is 13.4. The molecule has 232 valence electrons. The summed E-state index contributed by atoms with van der Waals surface area (Å²) in [5.41, 5.74) is 2.17. The summed E-state index contributed by atoms with van der Waals surface area (Å²) in [5, 5.41) is 15.3. The highest BCUT2D eigenvalue weighted by atomic mass is 35.5. The molecule has 0 fully saturated rings. The van der Waals surface area contributed by atoms with Crippen LogP contribution in [0.15, 0.2) is 42.6 Å². The lowest BCUT2D eigenvalue weighted by Gasteiger charge is -2.34. The molecule has 1 aliphatic rings. The van der Waals surface area contributed by atoms with E-state index in [1.807, 2.05) is 46.0 Å². The predicted octanol–water partition coefficient (Wildman–Crippen LogP) is 5.57. The number of carboxylic acids is 1. The van der Waals surface area contributed by atoms with Gasteiger partial charge in [0.2, 0.25) is 0 Å². The molecule has 10 heteroatoms. The van der Waals surface area contributed by atoms with E-state index in [0.717, 1.165) is 23.1 Å². The van der Waals surface area contributed by atoms with Crippen molar-refractivity contribution in [2.75, 3.05) is 6.61 Å². The number of hydrogen-bond acceptors (Lipinski definition) is 5. The molecule has 1 unspecified atom stereocenters. The van der Waals surface area contributed by atoms with Crippen molar-refractivity contribution in [1.82, 2.24) is 19.9 Å². The van der Waals surface area contributed by atoms with Gasteiger partial charge in [-0.3, -0.25) is 9.59 Å². The zero-order chi connectivity index (χ0) is 31.8. The number of fused-ring (bicyclic) bond motifs is 2. The highest BCUT2D eigenvalue weighted by molar-refractivity contribution is 6.32. The molecule has 3 N–H and O–H groups in total. The Morgan fingerprint density at radius 3 is 2.70 bits per heavy atom. The largest absolute Gasteiger partial charge is 0.481 e. The van der Waals surface area contributed by atoms with E-state index in [-0.39, 0.29) is 24.9 Å². The number of imidazole rings is 1. The van der Waals surface area contributed by atoms with Gasteiger partial charge in [0.1, 0.15) is 5.75 Å². The molecule has 5 rings (SSSR count). The van der Waals surface area contributed by atoms with Gasteiger partial charge in [-0.1, -0.05) is 36.7 Å². The number of nitrogens with zero attached hydrogens (tertiary/aromatic N) is 2. The first-order valence-electron chi connectivity index (χ1n) is 14.8. The fourth-order valence-electron chi connectivity index (χ4n) is 5.42. The van der Waals surface area contributed by atoms with E-state index in [1.54, 1.807) is 26.0 Å². The van der Waals surface area contributed by atoms with Crippen molar-refractivity contribution >= 4 is 46.7 Å². The quantitative estimate of drug-likeness (QED) is 0.202. The van der Waals surface area contributed by atoms with E-state index < -0.39 is 17.1 Å². The molecule has 0 saturated carbocycles. The number of nitrogens with one attached hydrogen (secondary N) is 2. The van der Waals surface area contributed by atoms with Crippen LogP contribution in [0.5, 0.6) is 11.8 Å². The first-order chi connectivity index (χ1) is 20.8. The van der Waals surface area contributed by atoms with Crippen molar-refractivity contribution < 1.29 is 24.2 Å². The third kappa shape index (κ3) is 6.84. The normalized spacial score (nSPS) is 16.0. The van der Waals surface area contributed by atoms with Crippen molar-refractivity contribution in [3.63, 3.8) is 0 Å². The average molecular weight is 619 g/mol. The summed E-state index contributed by atoms with van der Waals surface area (Å²) in [6.45, 7) is 9.30. The number of aromatic amines is 1. The van der Waals surface area contributed by atoms with E-state index in [1.165, 1.54) is 10.6 Å². The Balaban J connectivity index is 1.32. The van der Waals surface area contributed by atoms with Crippen molar-refractivity contribution in [3.05, 3.63) is 74.9 Å². The van der Waals surface area contributed by atoms with Crippen LogP contribution in [0.2, 0.25) is 5.02 Å². The highest BCUT2D eigenvalue weighted by Crippen LogP contribution is 2.34. The number of carbonyl (C=O) groups excluding carboxylic acids is 1. The number of aliphatic carboxylic acids is 1. The summed E-state index contributed by atoms with van der Waals surface area (Å²) >= 11 is 6.73. The Labute approximate surface area is 261 Å². The van der Waals surface area contributed by atoms with Gasteiger partial charge in [-0.15, -0.1) is 0 Å². The van der Waals surface area contributed by atoms with E-state index >= 15 is 0 Å². The van der Waals surface area contributed by atoms with Gasteiger partial charge in [-0.05, 0) is 87.2 Å². The van der Waals surface area contributed by atoms with E-state index in [9.17, 15) is 9.59 Å². The topological polar surface area (TPSA) is 118 Å². The fourth-order valence-corrected chi connectivity index (χ4v) is 5.72. The van der Waals surface area contributed by atoms with E-state index in [0.29, 0.717) is 34.3 Å². The van der Waals surface area contributed by atoms with Crippen molar-refractivity contribution in [3.8, 4) is 11.8 Å². The van der Waals surface area contributed by atoms with Crippen molar-refractivity contribution in [2.45, 2.75) is 70.9 Å². The molecule has 2 aromatic heterocycles. The molecule has 0 aliphatic heterocycles. The Kier molecular flexibility index (Phi) is 8.64. The maximum absolute atomic E-state index is 13.4. The number of aryl methyl sites for hydroxylation is 2. The van der Waals surface area contributed by atoms with Gasteiger partial charge in [-0.25, -0.2) is 0 Å². The molecule has 4 aromatic rings. The number of hydrogen-bond donors (Lipinski definition) is 3. The van der Waals surface area contributed by atoms with Crippen LogP contribution in [0.25, 0.3) is 23.2 Å². The van der Waals surface area contributed by atoms with Crippen LogP contribution in [-0.4, -0.2) is 49.3 Å². The molecule has 2 atom stereocenters. The number of rotatable bonds is 11. The second kappa shape index (κ2) is 12.1. The van der Waals surface area contributed by atoms with Crippen molar-refractivity contribution in [2.24, 2.45) is 7.05 Å².